The molecule has 0 aliphatic carbocycles. The molecule has 11 nitrogen and oxygen atoms in total. The van der Waals surface area contributed by atoms with Gasteiger partial charge in [0.25, 0.3) is 0 Å². The smallest absolute Gasteiger partial charge is 0.249 e. The first-order chi connectivity index (χ1) is 32.7. The predicted octanol–water partition coefficient (Wildman–Crippen LogP) is 11.1. The molecule has 9 unspecified atom stereocenters. The second kappa shape index (κ2) is 45.5. The first-order valence-corrected chi connectivity index (χ1v) is 27.9. The number of nitrogens with one attached hydrogen (secondary N) is 1. The van der Waals surface area contributed by atoms with Crippen molar-refractivity contribution in [3.8, 4) is 0 Å². The number of hydrogen-bond donors (Lipinski definition) is 8. The molecule has 1 heterocycles. The maximum atomic E-state index is 13.2. The lowest BCUT2D eigenvalue weighted by Gasteiger charge is -2.40. The average Bonchev–Trinajstić information content (AvgIpc) is 3.33. The first kappa shape index (κ1) is 63.3. The molecule has 1 aliphatic rings. The summed E-state index contributed by atoms with van der Waals surface area (Å²) in [5.41, 5.74) is 0. The Balaban J connectivity index is 2.36. The molecule has 1 aliphatic heterocycles. The molecule has 0 spiro atoms. The lowest BCUT2D eigenvalue weighted by molar-refractivity contribution is -0.303. The van der Waals surface area contributed by atoms with Crippen molar-refractivity contribution < 1.29 is 50.0 Å². The van der Waals surface area contributed by atoms with E-state index >= 15 is 0 Å². The van der Waals surface area contributed by atoms with Gasteiger partial charge in [0.1, 0.15) is 36.6 Å². The zero-order chi connectivity index (χ0) is 49.0. The fourth-order valence-electron chi connectivity index (χ4n) is 8.84. The predicted molar refractivity (Wildman–Crippen MR) is 275 cm³/mol. The van der Waals surface area contributed by atoms with Crippen molar-refractivity contribution in [1.29, 1.82) is 0 Å². The minimum atomic E-state index is -1.67. The number of allylic oxidation sites excluding steroid dienone is 6. The molecule has 0 aromatic carbocycles. The standard InChI is InChI=1S/C56H105NO10/c1-3-5-7-9-11-13-15-17-19-21-23-24-25-26-28-29-31-33-35-37-39-41-43-48(59)51(61)47(46-66-56-54(64)53(63)52(62)50(45-58)67-56)57-55(65)49(60)44-42-40-38-36-34-32-30-27-22-20-18-16-14-12-10-8-6-4-2/h12,14,16,18,35,37,47-54,56,58-64H,3-11,13,15,17,19-34,36,38-46H2,1-2H3,(H,57,65)/b14-12-,18-16-,37-35+. The number of carbonyl (C=O) groups is 1. The third kappa shape index (κ3) is 34.3. The maximum Gasteiger partial charge on any atom is 0.249 e. The maximum absolute atomic E-state index is 13.2. The van der Waals surface area contributed by atoms with Gasteiger partial charge in [-0.25, -0.2) is 0 Å². The van der Waals surface area contributed by atoms with Gasteiger partial charge in [0, 0.05) is 0 Å². The van der Waals surface area contributed by atoms with Crippen molar-refractivity contribution >= 4 is 5.91 Å². The van der Waals surface area contributed by atoms with E-state index in [-0.39, 0.29) is 12.8 Å². The average molecular weight is 952 g/mol. The van der Waals surface area contributed by atoms with Crippen LogP contribution in [-0.2, 0) is 14.3 Å². The molecule has 11 heteroatoms. The largest absolute Gasteiger partial charge is 0.394 e. The summed E-state index contributed by atoms with van der Waals surface area (Å²) < 4.78 is 11.1. The number of aliphatic hydroxyl groups excluding tert-OH is 7. The lowest BCUT2D eigenvalue weighted by atomic mass is 9.98. The van der Waals surface area contributed by atoms with Crippen molar-refractivity contribution in [1.82, 2.24) is 5.32 Å². The van der Waals surface area contributed by atoms with Gasteiger partial charge in [-0.15, -0.1) is 0 Å². The summed E-state index contributed by atoms with van der Waals surface area (Å²) in [5, 5.41) is 76.0. The minimum Gasteiger partial charge on any atom is -0.394 e. The normalized spacial score (nSPS) is 20.9. The fraction of sp³-hybridized carbons (Fsp3) is 0.875. The molecule has 1 saturated heterocycles. The Morgan fingerprint density at radius 1 is 0.522 bits per heavy atom. The lowest BCUT2D eigenvalue weighted by Crippen LogP contribution is -2.60. The van der Waals surface area contributed by atoms with E-state index in [2.05, 4.69) is 55.6 Å². The molecular weight excluding hydrogens is 847 g/mol. The summed E-state index contributed by atoms with van der Waals surface area (Å²) in [4.78, 5) is 13.2. The van der Waals surface area contributed by atoms with Gasteiger partial charge in [-0.2, -0.15) is 0 Å². The summed E-state index contributed by atoms with van der Waals surface area (Å²) in [7, 11) is 0. The van der Waals surface area contributed by atoms with E-state index in [1.54, 1.807) is 0 Å². The third-order valence-electron chi connectivity index (χ3n) is 13.4. The van der Waals surface area contributed by atoms with E-state index in [0.29, 0.717) is 12.8 Å². The van der Waals surface area contributed by atoms with Crippen LogP contribution in [0.25, 0.3) is 0 Å². The number of rotatable bonds is 47. The van der Waals surface area contributed by atoms with Gasteiger partial charge in [0.15, 0.2) is 6.29 Å². The highest BCUT2D eigenvalue weighted by molar-refractivity contribution is 5.80. The molecule has 1 rings (SSSR count). The molecule has 0 aromatic heterocycles. The van der Waals surface area contributed by atoms with Crippen molar-refractivity contribution in [3.05, 3.63) is 36.5 Å². The third-order valence-corrected chi connectivity index (χ3v) is 13.4. The van der Waals surface area contributed by atoms with Gasteiger partial charge in [0.05, 0.1) is 25.4 Å². The number of aliphatic hydroxyl groups is 7. The van der Waals surface area contributed by atoms with Gasteiger partial charge >= 0.3 is 0 Å². The molecule has 1 amide bonds. The summed E-state index contributed by atoms with van der Waals surface area (Å²) in [6.07, 6.45) is 43.3. The number of carbonyl (C=O) groups excluding carboxylic acids is 1. The molecule has 394 valence electrons. The summed E-state index contributed by atoms with van der Waals surface area (Å²) >= 11 is 0. The zero-order valence-electron chi connectivity index (χ0n) is 42.9. The topological polar surface area (TPSA) is 189 Å². The molecule has 1 fully saturated rings. The second-order valence-corrected chi connectivity index (χ2v) is 19.7. The van der Waals surface area contributed by atoms with Crippen LogP contribution in [0.2, 0.25) is 0 Å². The van der Waals surface area contributed by atoms with Crippen LogP contribution in [0.3, 0.4) is 0 Å². The SMILES string of the molecule is CCCCC/C=C\C=C/CCCCCCCCCCCC(O)C(=O)NC(COC1OC(CO)C(O)C(O)C1O)C(O)C(O)CCC/C=C/CCCCCCCCCCCCCCCCCCC. The van der Waals surface area contributed by atoms with Crippen LogP contribution in [0.4, 0.5) is 0 Å². The summed E-state index contributed by atoms with van der Waals surface area (Å²) in [5.74, 6) is -0.709. The molecular formula is C56H105NO10. The van der Waals surface area contributed by atoms with Crippen LogP contribution in [0.15, 0.2) is 36.5 Å². The van der Waals surface area contributed by atoms with Gasteiger partial charge in [-0.3, -0.25) is 4.79 Å². The molecule has 0 saturated carbocycles. The zero-order valence-corrected chi connectivity index (χ0v) is 42.9. The molecule has 67 heavy (non-hydrogen) atoms. The van der Waals surface area contributed by atoms with Crippen molar-refractivity contribution in [2.45, 2.75) is 300 Å². The van der Waals surface area contributed by atoms with Crippen LogP contribution in [-0.4, -0.2) is 110 Å². The monoisotopic (exact) mass is 952 g/mol. The van der Waals surface area contributed by atoms with Crippen LogP contribution >= 0.6 is 0 Å². The quantitative estimate of drug-likeness (QED) is 0.0166. The van der Waals surface area contributed by atoms with Crippen LogP contribution in [0, 0.1) is 0 Å². The van der Waals surface area contributed by atoms with Crippen molar-refractivity contribution in [2.75, 3.05) is 13.2 Å². The van der Waals surface area contributed by atoms with Crippen LogP contribution in [0.5, 0.6) is 0 Å². The minimum absolute atomic E-state index is 0.248. The summed E-state index contributed by atoms with van der Waals surface area (Å²) in [6, 6.07) is -1.19. The number of hydrogen-bond acceptors (Lipinski definition) is 10. The first-order valence-electron chi connectivity index (χ1n) is 27.9. The van der Waals surface area contributed by atoms with Gasteiger partial charge in [-0.1, -0.05) is 217 Å². The van der Waals surface area contributed by atoms with Gasteiger partial charge in [0.2, 0.25) is 5.91 Å². The second-order valence-electron chi connectivity index (χ2n) is 19.7. The van der Waals surface area contributed by atoms with E-state index < -0.39 is 74.2 Å². The van der Waals surface area contributed by atoms with E-state index in [9.17, 15) is 40.5 Å². The Kier molecular flexibility index (Phi) is 43.0. The Morgan fingerprint density at radius 3 is 1.40 bits per heavy atom. The van der Waals surface area contributed by atoms with E-state index in [0.717, 1.165) is 44.9 Å². The summed E-state index contributed by atoms with van der Waals surface area (Å²) in [6.45, 7) is 3.43. The van der Waals surface area contributed by atoms with Gasteiger partial charge < -0.3 is 50.5 Å². The molecule has 0 bridgehead atoms. The van der Waals surface area contributed by atoms with Crippen molar-refractivity contribution in [2.24, 2.45) is 0 Å². The highest BCUT2D eigenvalue weighted by Crippen LogP contribution is 2.23. The van der Waals surface area contributed by atoms with Gasteiger partial charge in [-0.05, 0) is 64.2 Å². The van der Waals surface area contributed by atoms with E-state index in [1.807, 2.05) is 0 Å². The highest BCUT2D eigenvalue weighted by atomic mass is 16.7. The van der Waals surface area contributed by atoms with Crippen LogP contribution < -0.4 is 5.32 Å². The van der Waals surface area contributed by atoms with E-state index in [4.69, 9.17) is 9.47 Å². The number of unbranched alkanes of at least 4 members (excludes halogenated alkanes) is 30. The fourth-order valence-corrected chi connectivity index (χ4v) is 8.84. The van der Waals surface area contributed by atoms with Crippen molar-refractivity contribution in [3.63, 3.8) is 0 Å². The Morgan fingerprint density at radius 2 is 0.925 bits per heavy atom. The molecule has 8 N–H and O–H groups in total. The molecule has 0 aromatic rings. The van der Waals surface area contributed by atoms with E-state index in [1.165, 1.54) is 161 Å². The Hall–Kier alpha value is -1.67. The molecule has 0 radical (unpaired) electrons. The Bertz CT molecular complexity index is 1180. The molecule has 9 atom stereocenters. The number of amides is 1. The Labute approximate surface area is 409 Å². The van der Waals surface area contributed by atoms with Crippen LogP contribution in [0.1, 0.15) is 245 Å². The number of ether oxygens (including phenoxy) is 2. The highest BCUT2D eigenvalue weighted by Gasteiger charge is 2.44.